The van der Waals surface area contributed by atoms with E-state index in [-0.39, 0.29) is 6.61 Å². The average molecular weight is 363 g/mol. The summed E-state index contributed by atoms with van der Waals surface area (Å²) in [4.78, 5) is 13.1. The number of fused-ring (bicyclic) bond motifs is 1. The van der Waals surface area contributed by atoms with E-state index in [4.69, 9.17) is 4.74 Å². The predicted octanol–water partition coefficient (Wildman–Crippen LogP) is 0.356. The van der Waals surface area contributed by atoms with Gasteiger partial charge in [0.05, 0.1) is 12.9 Å². The third-order valence-electron chi connectivity index (χ3n) is 5.58. The zero-order chi connectivity index (χ0) is 18.3. The van der Waals surface area contributed by atoms with Gasteiger partial charge in [0.15, 0.2) is 22.7 Å². The molecule has 1 saturated heterocycles. The summed E-state index contributed by atoms with van der Waals surface area (Å²) in [7, 11) is 0. The smallest absolute Gasteiger partial charge is 0.173 e. The Balaban J connectivity index is 1.68. The van der Waals surface area contributed by atoms with Gasteiger partial charge in [-0.15, -0.1) is 0 Å². The van der Waals surface area contributed by atoms with Crippen molar-refractivity contribution in [2.24, 2.45) is 0 Å². The zero-order valence-corrected chi connectivity index (χ0v) is 14.7. The Morgan fingerprint density at radius 3 is 2.69 bits per heavy atom. The van der Waals surface area contributed by atoms with Crippen LogP contribution in [0.15, 0.2) is 12.7 Å². The number of hydrogen-bond acceptors (Lipinski definition) is 8. The topological polar surface area (TPSA) is 126 Å². The first kappa shape index (κ1) is 17.6. The van der Waals surface area contributed by atoms with Crippen molar-refractivity contribution in [1.82, 2.24) is 19.5 Å². The summed E-state index contributed by atoms with van der Waals surface area (Å²) < 4.78 is 7.35. The van der Waals surface area contributed by atoms with Crippen LogP contribution >= 0.6 is 0 Å². The number of nitrogens with zero attached hydrogens (tertiary/aromatic N) is 4. The molecule has 142 valence electrons. The molecule has 0 spiro atoms. The van der Waals surface area contributed by atoms with Crippen molar-refractivity contribution < 1.29 is 20.1 Å². The quantitative estimate of drug-likeness (QED) is 0.613. The molecule has 3 heterocycles. The lowest BCUT2D eigenvalue weighted by Crippen LogP contribution is -2.43. The van der Waals surface area contributed by atoms with E-state index in [9.17, 15) is 15.3 Å². The largest absolute Gasteiger partial charge is 0.394 e. The Kier molecular flexibility index (Phi) is 4.55. The number of aliphatic hydroxyl groups is 3. The third kappa shape index (κ3) is 2.75. The van der Waals surface area contributed by atoms with E-state index in [1.165, 1.54) is 31.9 Å². The van der Waals surface area contributed by atoms with Crippen molar-refractivity contribution >= 4 is 17.0 Å². The first-order valence-corrected chi connectivity index (χ1v) is 9.14. The second-order valence-electron chi connectivity index (χ2n) is 7.32. The molecule has 4 N–H and O–H groups in total. The van der Waals surface area contributed by atoms with Crippen LogP contribution in [-0.2, 0) is 10.5 Å². The van der Waals surface area contributed by atoms with E-state index in [0.29, 0.717) is 23.0 Å². The van der Waals surface area contributed by atoms with Gasteiger partial charge in [0.2, 0.25) is 0 Å². The van der Waals surface area contributed by atoms with Crippen molar-refractivity contribution in [2.75, 3.05) is 11.9 Å². The maximum Gasteiger partial charge on any atom is 0.173 e. The van der Waals surface area contributed by atoms with Crippen LogP contribution in [0.3, 0.4) is 0 Å². The molecule has 0 bridgehead atoms. The molecule has 0 radical (unpaired) electrons. The Hall–Kier alpha value is -1.81. The van der Waals surface area contributed by atoms with Gasteiger partial charge < -0.3 is 25.4 Å². The minimum Gasteiger partial charge on any atom is -0.394 e. The van der Waals surface area contributed by atoms with Gasteiger partial charge in [-0.05, 0) is 19.8 Å². The molecule has 0 amide bonds. The molecule has 0 unspecified atom stereocenters. The number of imidazole rings is 1. The first-order valence-electron chi connectivity index (χ1n) is 9.14. The molecule has 2 aromatic rings. The number of nitrogens with one attached hydrogen (secondary N) is 1. The van der Waals surface area contributed by atoms with E-state index in [0.717, 1.165) is 12.8 Å². The lowest BCUT2D eigenvalue weighted by Gasteiger charge is -2.29. The number of rotatable bonds is 4. The first-order chi connectivity index (χ1) is 12.5. The Labute approximate surface area is 151 Å². The molecular weight excluding hydrogens is 338 g/mol. The number of ether oxygens (including phenoxy) is 1. The highest BCUT2D eigenvalue weighted by atomic mass is 16.6. The molecular formula is C17H25N5O4. The summed E-state index contributed by atoms with van der Waals surface area (Å²) in [5.74, 6) is 0.663. The summed E-state index contributed by atoms with van der Waals surface area (Å²) in [5.41, 5.74) is -0.180. The van der Waals surface area contributed by atoms with Gasteiger partial charge in [-0.3, -0.25) is 4.57 Å². The molecule has 2 fully saturated rings. The summed E-state index contributed by atoms with van der Waals surface area (Å²) in [6, 6.07) is 0.372. The van der Waals surface area contributed by atoms with Crippen molar-refractivity contribution in [2.45, 2.75) is 69.1 Å². The lowest BCUT2D eigenvalue weighted by atomic mass is 9.95. The van der Waals surface area contributed by atoms with Crippen LogP contribution in [0, 0.1) is 0 Å². The van der Waals surface area contributed by atoms with Crippen LogP contribution in [0.2, 0.25) is 0 Å². The number of aromatic nitrogens is 4. The average Bonchev–Trinajstić information content (AvgIpc) is 3.19. The van der Waals surface area contributed by atoms with Crippen molar-refractivity contribution in [3.63, 3.8) is 0 Å². The van der Waals surface area contributed by atoms with Crippen molar-refractivity contribution in [3.8, 4) is 0 Å². The van der Waals surface area contributed by atoms with Gasteiger partial charge in [-0.2, -0.15) is 0 Å². The van der Waals surface area contributed by atoms with Gasteiger partial charge in [0.1, 0.15) is 24.6 Å². The normalized spacial score (nSPS) is 33.0. The Bertz CT molecular complexity index is 778. The van der Waals surface area contributed by atoms with Gasteiger partial charge in [0.25, 0.3) is 0 Å². The third-order valence-corrected chi connectivity index (χ3v) is 5.58. The number of anilines is 1. The predicted molar refractivity (Wildman–Crippen MR) is 93.4 cm³/mol. The van der Waals surface area contributed by atoms with Gasteiger partial charge in [-0.1, -0.05) is 19.3 Å². The van der Waals surface area contributed by atoms with Crippen molar-refractivity contribution in [3.05, 3.63) is 12.7 Å². The number of aliphatic hydroxyl groups excluding tert-OH is 3. The summed E-state index contributed by atoms with van der Waals surface area (Å²) >= 11 is 0. The standard InChI is InChI=1S/C17H25N5O4/c1-17(14(25)13(24)11(7-23)26-17)22-9-20-12-15(18-8-19-16(12)22)21-10-5-3-2-4-6-10/h8-11,13-14,23-25H,2-7H2,1H3,(H,18,19,21)/t11-,13-,14-,17-/m1/s1. The molecule has 26 heavy (non-hydrogen) atoms. The van der Waals surface area contributed by atoms with Crippen LogP contribution in [0.5, 0.6) is 0 Å². The molecule has 9 heteroatoms. The highest BCUT2D eigenvalue weighted by Crippen LogP contribution is 2.37. The van der Waals surface area contributed by atoms with Crippen LogP contribution in [0.1, 0.15) is 39.0 Å². The zero-order valence-electron chi connectivity index (χ0n) is 14.7. The minimum atomic E-state index is -1.28. The van der Waals surface area contributed by atoms with E-state index in [1.807, 2.05) is 0 Å². The summed E-state index contributed by atoms with van der Waals surface area (Å²) in [6.07, 6.45) is 5.61. The fourth-order valence-electron chi connectivity index (χ4n) is 4.02. The highest BCUT2D eigenvalue weighted by molar-refractivity contribution is 5.83. The molecule has 9 nitrogen and oxygen atoms in total. The Morgan fingerprint density at radius 2 is 2.00 bits per heavy atom. The van der Waals surface area contributed by atoms with Crippen LogP contribution in [0.4, 0.5) is 5.82 Å². The molecule has 1 saturated carbocycles. The van der Waals surface area contributed by atoms with Gasteiger partial charge in [-0.25, -0.2) is 15.0 Å². The van der Waals surface area contributed by atoms with Crippen LogP contribution in [-0.4, -0.2) is 65.8 Å². The molecule has 2 aliphatic rings. The second kappa shape index (κ2) is 6.73. The second-order valence-corrected chi connectivity index (χ2v) is 7.32. The molecule has 0 aromatic carbocycles. The van der Waals surface area contributed by atoms with Crippen molar-refractivity contribution in [1.29, 1.82) is 0 Å². The molecule has 1 aliphatic heterocycles. The SMILES string of the molecule is C[C@@]1(n2cnc3c(NC4CCCCC4)ncnc32)O[C@H](CO)[C@@H](O)[C@H]1O. The molecule has 2 aromatic heterocycles. The monoisotopic (exact) mass is 363 g/mol. The summed E-state index contributed by atoms with van der Waals surface area (Å²) in [5, 5.41) is 33.4. The van der Waals surface area contributed by atoms with E-state index in [2.05, 4.69) is 20.3 Å². The van der Waals surface area contributed by atoms with E-state index in [1.54, 1.807) is 11.5 Å². The lowest BCUT2D eigenvalue weighted by molar-refractivity contribution is -0.132. The fraction of sp³-hybridized carbons (Fsp3) is 0.706. The van der Waals surface area contributed by atoms with Crippen LogP contribution in [0.25, 0.3) is 11.2 Å². The highest BCUT2D eigenvalue weighted by Gasteiger charge is 2.52. The Morgan fingerprint density at radius 1 is 1.23 bits per heavy atom. The molecule has 4 rings (SSSR count). The minimum absolute atomic E-state index is 0.372. The molecule has 4 atom stereocenters. The summed E-state index contributed by atoms with van der Waals surface area (Å²) in [6.45, 7) is 1.26. The van der Waals surface area contributed by atoms with E-state index >= 15 is 0 Å². The fourth-order valence-corrected chi connectivity index (χ4v) is 4.02. The number of hydrogen-bond donors (Lipinski definition) is 4. The molecule has 1 aliphatic carbocycles. The van der Waals surface area contributed by atoms with Gasteiger partial charge >= 0.3 is 0 Å². The van der Waals surface area contributed by atoms with Crippen LogP contribution < -0.4 is 5.32 Å². The maximum absolute atomic E-state index is 10.5. The maximum atomic E-state index is 10.5. The van der Waals surface area contributed by atoms with E-state index < -0.39 is 24.0 Å². The van der Waals surface area contributed by atoms with Gasteiger partial charge in [0, 0.05) is 6.04 Å².